The average molecular weight is 240 g/mol. The zero-order valence-electron chi connectivity index (χ0n) is 9.19. The van der Waals surface area contributed by atoms with Crippen LogP contribution in [0.25, 0.3) is 16.7 Å². The second kappa shape index (κ2) is 3.92. The lowest BCUT2D eigenvalue weighted by Crippen LogP contribution is -1.97. The van der Waals surface area contributed by atoms with Gasteiger partial charge in [-0.25, -0.2) is 0 Å². The lowest BCUT2D eigenvalue weighted by atomic mass is 10.2. The molecule has 3 aromatic rings. The van der Waals surface area contributed by atoms with Gasteiger partial charge in [-0.1, -0.05) is 18.2 Å². The maximum Gasteiger partial charge on any atom is 0.179 e. The molecule has 0 bridgehead atoms. The summed E-state index contributed by atoms with van der Waals surface area (Å²) in [6.45, 7) is 0. The summed E-state index contributed by atoms with van der Waals surface area (Å²) in [6, 6.07) is 12.3. The monoisotopic (exact) mass is 240 g/mol. The van der Waals surface area contributed by atoms with Crippen LogP contribution in [0.4, 0.5) is 5.69 Å². The van der Waals surface area contributed by atoms with Gasteiger partial charge in [0, 0.05) is 0 Å². The number of rotatable bonds is 2. The predicted molar refractivity (Wildman–Crippen MR) is 66.0 cm³/mol. The molecular formula is C12H8N4O2. The Bertz CT molecular complexity index is 722. The van der Waals surface area contributed by atoms with Crippen molar-refractivity contribution in [3.8, 4) is 11.4 Å². The summed E-state index contributed by atoms with van der Waals surface area (Å²) in [7, 11) is 0. The molecule has 0 aliphatic carbocycles. The third kappa shape index (κ3) is 1.51. The van der Waals surface area contributed by atoms with Crippen LogP contribution in [0.3, 0.4) is 0 Å². The van der Waals surface area contributed by atoms with Crippen LogP contribution >= 0.6 is 0 Å². The minimum Gasteiger partial charge on any atom is -0.505 e. The Morgan fingerprint density at radius 2 is 1.83 bits per heavy atom. The number of phenols is 1. The largest absolute Gasteiger partial charge is 0.505 e. The first-order chi connectivity index (χ1) is 8.79. The number of nitrogens with zero attached hydrogens (tertiary/aromatic N) is 4. The van der Waals surface area contributed by atoms with E-state index in [0.29, 0.717) is 5.52 Å². The zero-order valence-corrected chi connectivity index (χ0v) is 9.19. The average Bonchev–Trinajstić information content (AvgIpc) is 2.84. The van der Waals surface area contributed by atoms with E-state index in [9.17, 15) is 10.0 Å². The molecule has 0 spiro atoms. The molecule has 1 heterocycles. The lowest BCUT2D eigenvalue weighted by Gasteiger charge is -1.96. The second-order valence-corrected chi connectivity index (χ2v) is 3.72. The van der Waals surface area contributed by atoms with Crippen LogP contribution in [0.2, 0.25) is 0 Å². The molecule has 0 radical (unpaired) electrons. The number of fused-ring (bicyclic) bond motifs is 1. The molecule has 0 aliphatic heterocycles. The summed E-state index contributed by atoms with van der Waals surface area (Å²) in [5.74, 6) is -0.197. The zero-order chi connectivity index (χ0) is 12.5. The van der Waals surface area contributed by atoms with Crippen LogP contribution in [-0.2, 0) is 0 Å². The fraction of sp³-hybridized carbons (Fsp3) is 0. The third-order valence-electron chi connectivity index (χ3n) is 2.58. The van der Waals surface area contributed by atoms with Crippen LogP contribution in [0, 0.1) is 4.91 Å². The standard InChI is InChI=1S/C12H8N4O2/c17-10-7-6-9-11(12(10)15-18)14-16(13-9)8-4-2-1-3-5-8/h1-7,17H. The van der Waals surface area contributed by atoms with Crippen molar-refractivity contribution >= 4 is 16.7 Å². The molecule has 0 atom stereocenters. The van der Waals surface area contributed by atoms with Gasteiger partial charge in [-0.2, -0.15) is 4.80 Å². The Hall–Kier alpha value is -2.76. The van der Waals surface area contributed by atoms with E-state index in [0.717, 1.165) is 5.69 Å². The van der Waals surface area contributed by atoms with Crippen molar-refractivity contribution in [3.63, 3.8) is 0 Å². The number of phenolic OH excluding ortho intramolecular Hbond substituents is 1. The number of benzene rings is 2. The van der Waals surface area contributed by atoms with Gasteiger partial charge in [0.1, 0.15) is 16.8 Å². The normalized spacial score (nSPS) is 10.7. The van der Waals surface area contributed by atoms with Crippen molar-refractivity contribution in [2.75, 3.05) is 0 Å². The summed E-state index contributed by atoms with van der Waals surface area (Å²) in [6.07, 6.45) is 0. The highest BCUT2D eigenvalue weighted by molar-refractivity contribution is 5.89. The first kappa shape index (κ1) is 10.4. The first-order valence-corrected chi connectivity index (χ1v) is 5.27. The SMILES string of the molecule is O=Nc1c(O)ccc2nn(-c3ccccc3)nc12. The summed E-state index contributed by atoms with van der Waals surface area (Å²) in [4.78, 5) is 12.1. The van der Waals surface area contributed by atoms with Crippen molar-refractivity contribution < 1.29 is 5.11 Å². The molecule has 2 aromatic carbocycles. The number of para-hydroxylation sites is 1. The molecule has 18 heavy (non-hydrogen) atoms. The van der Waals surface area contributed by atoms with Gasteiger partial charge in [-0.15, -0.1) is 15.1 Å². The Labute approximate surface area is 101 Å². The Morgan fingerprint density at radius 1 is 1.06 bits per heavy atom. The van der Waals surface area contributed by atoms with Crippen LogP contribution in [0.15, 0.2) is 47.6 Å². The Kier molecular flexibility index (Phi) is 2.26. The predicted octanol–water partition coefficient (Wildman–Crippen LogP) is 2.52. The summed E-state index contributed by atoms with van der Waals surface area (Å²) in [5.41, 5.74) is 1.47. The Balaban J connectivity index is 2.26. The highest BCUT2D eigenvalue weighted by Gasteiger charge is 2.13. The molecule has 88 valence electrons. The fourth-order valence-corrected chi connectivity index (χ4v) is 1.72. The van der Waals surface area contributed by atoms with Gasteiger partial charge in [0.15, 0.2) is 5.69 Å². The number of nitroso groups, excluding NO2 is 1. The smallest absolute Gasteiger partial charge is 0.179 e. The van der Waals surface area contributed by atoms with E-state index in [1.807, 2.05) is 30.3 Å². The molecule has 0 amide bonds. The van der Waals surface area contributed by atoms with E-state index >= 15 is 0 Å². The summed E-state index contributed by atoms with van der Waals surface area (Å²) in [5, 5.41) is 20.7. The number of aromatic nitrogens is 3. The third-order valence-corrected chi connectivity index (χ3v) is 2.58. The molecule has 0 saturated heterocycles. The molecule has 1 N–H and O–H groups in total. The van der Waals surface area contributed by atoms with Crippen molar-refractivity contribution in [2.45, 2.75) is 0 Å². The van der Waals surface area contributed by atoms with Crippen molar-refractivity contribution in [1.82, 2.24) is 15.0 Å². The van der Waals surface area contributed by atoms with Gasteiger partial charge in [0.25, 0.3) is 0 Å². The van der Waals surface area contributed by atoms with E-state index in [1.54, 1.807) is 6.07 Å². The van der Waals surface area contributed by atoms with Crippen LogP contribution in [-0.4, -0.2) is 20.1 Å². The topological polar surface area (TPSA) is 80.4 Å². The van der Waals surface area contributed by atoms with E-state index in [1.165, 1.54) is 10.9 Å². The van der Waals surface area contributed by atoms with Gasteiger partial charge in [0.2, 0.25) is 0 Å². The summed E-state index contributed by atoms with van der Waals surface area (Å²) < 4.78 is 0. The Morgan fingerprint density at radius 3 is 2.56 bits per heavy atom. The highest BCUT2D eigenvalue weighted by atomic mass is 16.3. The number of hydrogen-bond acceptors (Lipinski definition) is 5. The minimum absolute atomic E-state index is 0.0883. The summed E-state index contributed by atoms with van der Waals surface area (Å²) >= 11 is 0. The molecule has 0 aliphatic rings. The van der Waals surface area contributed by atoms with Gasteiger partial charge in [-0.05, 0) is 29.4 Å². The molecule has 6 heteroatoms. The quantitative estimate of drug-likeness (QED) is 0.698. The second-order valence-electron chi connectivity index (χ2n) is 3.72. The fourth-order valence-electron chi connectivity index (χ4n) is 1.72. The number of hydrogen-bond donors (Lipinski definition) is 1. The number of aromatic hydroxyl groups is 1. The maximum atomic E-state index is 10.7. The highest BCUT2D eigenvalue weighted by Crippen LogP contribution is 2.32. The van der Waals surface area contributed by atoms with Crippen LogP contribution < -0.4 is 0 Å². The van der Waals surface area contributed by atoms with Crippen LogP contribution in [0.5, 0.6) is 5.75 Å². The van der Waals surface area contributed by atoms with E-state index in [2.05, 4.69) is 15.4 Å². The van der Waals surface area contributed by atoms with Crippen molar-refractivity contribution in [1.29, 1.82) is 0 Å². The van der Waals surface area contributed by atoms with E-state index in [4.69, 9.17) is 0 Å². The van der Waals surface area contributed by atoms with Crippen molar-refractivity contribution in [2.24, 2.45) is 5.18 Å². The molecule has 3 rings (SSSR count). The van der Waals surface area contributed by atoms with Gasteiger partial charge in [0.05, 0.1) is 5.69 Å². The van der Waals surface area contributed by atoms with Gasteiger partial charge >= 0.3 is 0 Å². The van der Waals surface area contributed by atoms with E-state index in [-0.39, 0.29) is 17.0 Å². The maximum absolute atomic E-state index is 10.7. The van der Waals surface area contributed by atoms with Crippen molar-refractivity contribution in [3.05, 3.63) is 47.4 Å². The molecule has 6 nitrogen and oxygen atoms in total. The molecule has 0 fully saturated rings. The van der Waals surface area contributed by atoms with Gasteiger partial charge in [-0.3, -0.25) is 0 Å². The molecule has 0 unspecified atom stereocenters. The van der Waals surface area contributed by atoms with E-state index < -0.39 is 0 Å². The minimum atomic E-state index is -0.197. The lowest BCUT2D eigenvalue weighted by molar-refractivity contribution is 0.477. The van der Waals surface area contributed by atoms with Crippen LogP contribution in [0.1, 0.15) is 0 Å². The molecule has 0 saturated carbocycles. The molecular weight excluding hydrogens is 232 g/mol. The molecule has 1 aromatic heterocycles. The van der Waals surface area contributed by atoms with Gasteiger partial charge < -0.3 is 5.11 Å². The first-order valence-electron chi connectivity index (χ1n) is 5.27.